The third kappa shape index (κ3) is 5.28. The van der Waals surface area contributed by atoms with Crippen LogP contribution in [0, 0.1) is 22.6 Å². The largest absolute Gasteiger partial charge is 0.392 e. The van der Waals surface area contributed by atoms with Gasteiger partial charge in [-0.15, -0.1) is 0 Å². The second-order valence-corrected chi connectivity index (χ2v) is 9.02. The molecule has 1 aliphatic carbocycles. The molecule has 9 heteroatoms. The summed E-state index contributed by atoms with van der Waals surface area (Å²) in [6, 6.07) is 6.39. The van der Waals surface area contributed by atoms with Crippen LogP contribution in [0.3, 0.4) is 0 Å². The van der Waals surface area contributed by atoms with Crippen LogP contribution in [0.15, 0.2) is 24.4 Å². The second-order valence-electron chi connectivity index (χ2n) is 9.02. The molecule has 0 saturated heterocycles. The number of carbonyl (C=O) groups is 1. The molecule has 1 aromatic carbocycles. The highest BCUT2D eigenvalue weighted by atomic mass is 19.1. The molecule has 182 valence electrons. The van der Waals surface area contributed by atoms with Crippen LogP contribution in [-0.2, 0) is 4.79 Å². The third-order valence-electron chi connectivity index (χ3n) is 6.63. The van der Waals surface area contributed by atoms with E-state index in [9.17, 15) is 19.6 Å². The molecule has 0 spiro atoms. The molecule has 0 bridgehead atoms. The van der Waals surface area contributed by atoms with Crippen molar-refractivity contribution in [2.45, 2.75) is 71.4 Å². The molecule has 2 heterocycles. The SMILES string of the molecule is CC.CC1(C)C(O)CCCC1Nc1nc(NCCC2C(=O)Nc3cc(F)ccc32)ncc1C#N. The summed E-state index contributed by atoms with van der Waals surface area (Å²) < 4.78 is 13.4. The van der Waals surface area contributed by atoms with Crippen LogP contribution < -0.4 is 16.0 Å². The Morgan fingerprint density at radius 3 is 2.82 bits per heavy atom. The maximum absolute atomic E-state index is 13.4. The minimum Gasteiger partial charge on any atom is -0.392 e. The van der Waals surface area contributed by atoms with E-state index in [0.717, 1.165) is 24.8 Å². The first-order chi connectivity index (χ1) is 16.3. The Balaban J connectivity index is 0.00000158. The highest BCUT2D eigenvalue weighted by Gasteiger charge is 2.40. The van der Waals surface area contributed by atoms with E-state index in [1.54, 1.807) is 6.07 Å². The number of amides is 1. The Labute approximate surface area is 200 Å². The predicted octanol–water partition coefficient (Wildman–Crippen LogP) is 4.40. The highest BCUT2D eigenvalue weighted by Crippen LogP contribution is 2.38. The monoisotopic (exact) mass is 468 g/mol. The van der Waals surface area contributed by atoms with Crippen molar-refractivity contribution in [3.8, 4) is 6.07 Å². The number of halogens is 1. The topological polar surface area (TPSA) is 123 Å². The summed E-state index contributed by atoms with van der Waals surface area (Å²) in [4.78, 5) is 21.0. The van der Waals surface area contributed by atoms with Crippen LogP contribution in [0.1, 0.15) is 70.4 Å². The summed E-state index contributed by atoms with van der Waals surface area (Å²) in [6.45, 7) is 8.45. The van der Waals surface area contributed by atoms with Gasteiger partial charge < -0.3 is 21.1 Å². The second kappa shape index (κ2) is 10.8. The van der Waals surface area contributed by atoms with Crippen molar-refractivity contribution in [2.75, 3.05) is 22.5 Å². The molecule has 1 aliphatic heterocycles. The Morgan fingerprint density at radius 2 is 2.09 bits per heavy atom. The number of aromatic nitrogens is 2. The van der Waals surface area contributed by atoms with Gasteiger partial charge in [0.05, 0.1) is 18.2 Å². The number of rotatable bonds is 6. The van der Waals surface area contributed by atoms with Gasteiger partial charge in [0.25, 0.3) is 0 Å². The number of hydrogen-bond acceptors (Lipinski definition) is 7. The lowest BCUT2D eigenvalue weighted by Gasteiger charge is -2.43. The van der Waals surface area contributed by atoms with E-state index in [-0.39, 0.29) is 29.1 Å². The van der Waals surface area contributed by atoms with Gasteiger partial charge in [-0.25, -0.2) is 9.37 Å². The number of nitrogens with zero attached hydrogens (tertiary/aromatic N) is 3. The molecule has 0 radical (unpaired) electrons. The quantitative estimate of drug-likeness (QED) is 0.495. The van der Waals surface area contributed by atoms with E-state index in [4.69, 9.17) is 0 Å². The minimum atomic E-state index is -0.423. The average molecular weight is 469 g/mol. The van der Waals surface area contributed by atoms with Crippen molar-refractivity contribution in [1.82, 2.24) is 9.97 Å². The first-order valence-electron chi connectivity index (χ1n) is 11.9. The average Bonchev–Trinajstić information content (AvgIpc) is 3.12. The van der Waals surface area contributed by atoms with E-state index in [2.05, 4.69) is 32.0 Å². The van der Waals surface area contributed by atoms with Gasteiger partial charge >= 0.3 is 0 Å². The van der Waals surface area contributed by atoms with Crippen molar-refractivity contribution in [3.63, 3.8) is 0 Å². The van der Waals surface area contributed by atoms with Gasteiger partial charge in [0, 0.05) is 23.7 Å². The number of aliphatic hydroxyl groups is 1. The molecule has 1 fully saturated rings. The lowest BCUT2D eigenvalue weighted by atomic mass is 9.71. The van der Waals surface area contributed by atoms with E-state index < -0.39 is 6.10 Å². The van der Waals surface area contributed by atoms with Crippen molar-refractivity contribution < 1.29 is 14.3 Å². The fourth-order valence-electron chi connectivity index (χ4n) is 4.49. The molecule has 2 aliphatic rings. The Bertz CT molecular complexity index is 1070. The summed E-state index contributed by atoms with van der Waals surface area (Å²) >= 11 is 0. The zero-order chi connectivity index (χ0) is 24.9. The van der Waals surface area contributed by atoms with Crippen LogP contribution in [0.2, 0.25) is 0 Å². The maximum Gasteiger partial charge on any atom is 0.232 e. The molecule has 3 atom stereocenters. The predicted molar refractivity (Wildman–Crippen MR) is 130 cm³/mol. The normalized spacial score (nSPS) is 22.5. The van der Waals surface area contributed by atoms with Crippen LogP contribution in [0.4, 0.5) is 21.8 Å². The first kappa shape index (κ1) is 25.4. The smallest absolute Gasteiger partial charge is 0.232 e. The van der Waals surface area contributed by atoms with Crippen LogP contribution in [0.25, 0.3) is 0 Å². The van der Waals surface area contributed by atoms with Crippen molar-refractivity contribution in [3.05, 3.63) is 41.3 Å². The van der Waals surface area contributed by atoms with Crippen LogP contribution >= 0.6 is 0 Å². The van der Waals surface area contributed by atoms with E-state index >= 15 is 0 Å². The van der Waals surface area contributed by atoms with Gasteiger partial charge in [0.2, 0.25) is 11.9 Å². The molecule has 2 aromatic rings. The summed E-state index contributed by atoms with van der Waals surface area (Å²) in [6.07, 6.45) is 4.06. The number of nitrogens with one attached hydrogen (secondary N) is 3. The fourth-order valence-corrected chi connectivity index (χ4v) is 4.49. The lowest BCUT2D eigenvalue weighted by molar-refractivity contribution is -0.117. The van der Waals surface area contributed by atoms with Crippen molar-refractivity contribution in [2.24, 2.45) is 5.41 Å². The number of hydrogen-bond donors (Lipinski definition) is 4. The number of benzene rings is 1. The number of carbonyl (C=O) groups excluding carboxylic acids is 1. The maximum atomic E-state index is 13.4. The van der Waals surface area contributed by atoms with Gasteiger partial charge in [-0.05, 0) is 43.4 Å². The van der Waals surface area contributed by atoms with Gasteiger partial charge in [0.15, 0.2) is 0 Å². The lowest BCUT2D eigenvalue weighted by Crippen LogP contribution is -2.48. The van der Waals surface area contributed by atoms with Crippen molar-refractivity contribution in [1.29, 1.82) is 5.26 Å². The highest BCUT2D eigenvalue weighted by molar-refractivity contribution is 6.02. The Kier molecular flexibility index (Phi) is 8.05. The molecule has 4 N–H and O–H groups in total. The fraction of sp³-hybridized carbons (Fsp3) is 0.520. The van der Waals surface area contributed by atoms with Crippen LogP contribution in [-0.4, -0.2) is 39.7 Å². The number of nitriles is 1. The van der Waals surface area contributed by atoms with Crippen molar-refractivity contribution >= 4 is 23.4 Å². The van der Waals surface area contributed by atoms with Gasteiger partial charge in [-0.1, -0.05) is 33.8 Å². The van der Waals surface area contributed by atoms with Crippen LogP contribution in [0.5, 0.6) is 0 Å². The Hall–Kier alpha value is -3.25. The van der Waals surface area contributed by atoms with E-state index in [1.165, 1.54) is 18.3 Å². The summed E-state index contributed by atoms with van der Waals surface area (Å²) in [5.74, 6) is -0.148. The van der Waals surface area contributed by atoms with Gasteiger partial charge in [-0.2, -0.15) is 10.2 Å². The summed E-state index contributed by atoms with van der Waals surface area (Å²) in [5, 5.41) is 29.0. The molecular formula is C25H33FN6O2. The van der Waals surface area contributed by atoms with Gasteiger partial charge in [-0.3, -0.25) is 4.79 Å². The molecule has 8 nitrogen and oxygen atoms in total. The molecule has 3 unspecified atom stereocenters. The zero-order valence-electron chi connectivity index (χ0n) is 20.2. The third-order valence-corrected chi connectivity index (χ3v) is 6.63. The Morgan fingerprint density at radius 1 is 1.32 bits per heavy atom. The number of aliphatic hydroxyl groups excluding tert-OH is 1. The molecule has 4 rings (SSSR count). The first-order valence-corrected chi connectivity index (χ1v) is 11.9. The molecule has 1 saturated carbocycles. The summed E-state index contributed by atoms with van der Waals surface area (Å²) in [7, 11) is 0. The minimum absolute atomic E-state index is 0.0276. The molecular weight excluding hydrogens is 435 g/mol. The summed E-state index contributed by atoms with van der Waals surface area (Å²) in [5.41, 5.74) is 1.27. The standard InChI is InChI=1S/C23H27FN6O2.C2H6/c1-23(2)18(4-3-5-19(23)31)29-20-13(11-25)12-27-22(30-20)26-9-8-16-15-7-6-14(24)10-17(15)28-21(16)32;1-2/h6-7,10,12,16,18-19,31H,3-5,8-9H2,1-2H3,(H,28,32)(H2,26,27,29,30);1-2H3. The van der Waals surface area contributed by atoms with E-state index in [0.29, 0.717) is 36.0 Å². The molecule has 1 aromatic heterocycles. The number of anilines is 3. The molecule has 34 heavy (non-hydrogen) atoms. The number of fused-ring (bicyclic) bond motifs is 1. The van der Waals surface area contributed by atoms with Gasteiger partial charge in [0.1, 0.15) is 23.3 Å². The molecule has 1 amide bonds. The van der Waals surface area contributed by atoms with E-state index in [1.807, 2.05) is 27.7 Å². The zero-order valence-corrected chi connectivity index (χ0v) is 20.2.